The molecule has 0 aliphatic rings. The minimum Gasteiger partial charge on any atom is -0.458 e. The molecule has 0 spiro atoms. The molecule has 3 aromatic rings. The topological polar surface area (TPSA) is 46.3 Å². The van der Waals surface area contributed by atoms with Gasteiger partial charge in [0, 0.05) is 23.7 Å². The average molecular weight is 253 g/mol. The highest BCUT2D eigenvalue weighted by atomic mass is 16.4. The van der Waals surface area contributed by atoms with Crippen LogP contribution in [0.1, 0.15) is 23.1 Å². The Balaban J connectivity index is 1.89. The zero-order chi connectivity index (χ0) is 13.2. The average Bonchev–Trinajstić information content (AvgIpc) is 2.85. The van der Waals surface area contributed by atoms with Gasteiger partial charge in [-0.25, -0.2) is 0 Å². The highest BCUT2D eigenvalue weighted by Gasteiger charge is 2.15. The van der Waals surface area contributed by atoms with Crippen molar-refractivity contribution in [2.45, 2.75) is 19.4 Å². The number of fused-ring (bicyclic) bond motifs is 1. The highest BCUT2D eigenvalue weighted by molar-refractivity contribution is 5.80. The minimum atomic E-state index is -0.665. The summed E-state index contributed by atoms with van der Waals surface area (Å²) >= 11 is 0. The normalized spacial score (nSPS) is 12.7. The van der Waals surface area contributed by atoms with Gasteiger partial charge in [0.1, 0.15) is 17.4 Å². The summed E-state index contributed by atoms with van der Waals surface area (Å²) in [5.74, 6) is 0.593. The second-order valence-corrected chi connectivity index (χ2v) is 4.68. The molecule has 3 nitrogen and oxygen atoms in total. The third kappa shape index (κ3) is 2.37. The third-order valence-corrected chi connectivity index (χ3v) is 3.22. The van der Waals surface area contributed by atoms with Crippen molar-refractivity contribution in [2.24, 2.45) is 0 Å². The summed E-state index contributed by atoms with van der Waals surface area (Å²) in [6.45, 7) is 2.00. The van der Waals surface area contributed by atoms with E-state index in [1.165, 1.54) is 0 Å². The summed E-state index contributed by atoms with van der Waals surface area (Å²) in [5, 5.41) is 11.3. The van der Waals surface area contributed by atoms with E-state index in [-0.39, 0.29) is 0 Å². The van der Waals surface area contributed by atoms with E-state index in [0.717, 1.165) is 22.2 Å². The number of hydrogen-bond acceptors (Lipinski definition) is 3. The van der Waals surface area contributed by atoms with Gasteiger partial charge in [-0.15, -0.1) is 0 Å². The number of aliphatic hydroxyl groups excluding tert-OH is 1. The van der Waals surface area contributed by atoms with Crippen LogP contribution in [-0.2, 0) is 6.42 Å². The molecule has 0 aliphatic heterocycles. The number of rotatable bonds is 3. The standard InChI is InChI=1S/C16H15NO2/c1-11-5-4-6-12-9-15(19-16(11)12)14(18)10-13-7-2-3-8-17-13/h2-9,14,18H,10H2,1H3. The molecule has 96 valence electrons. The lowest BCUT2D eigenvalue weighted by Gasteiger charge is -2.06. The first-order chi connectivity index (χ1) is 9.24. The van der Waals surface area contributed by atoms with Crippen molar-refractivity contribution in [1.82, 2.24) is 4.98 Å². The smallest absolute Gasteiger partial charge is 0.137 e. The van der Waals surface area contributed by atoms with Gasteiger partial charge in [-0.05, 0) is 30.7 Å². The van der Waals surface area contributed by atoms with Crippen molar-refractivity contribution < 1.29 is 9.52 Å². The molecule has 2 heterocycles. The molecule has 1 aromatic carbocycles. The van der Waals surface area contributed by atoms with E-state index >= 15 is 0 Å². The second-order valence-electron chi connectivity index (χ2n) is 4.68. The fraction of sp³-hybridized carbons (Fsp3) is 0.188. The van der Waals surface area contributed by atoms with Crippen LogP contribution in [0.5, 0.6) is 0 Å². The minimum absolute atomic E-state index is 0.458. The van der Waals surface area contributed by atoms with Crippen LogP contribution in [0.15, 0.2) is 53.1 Å². The molecule has 0 amide bonds. The van der Waals surface area contributed by atoms with Gasteiger partial charge in [-0.2, -0.15) is 0 Å². The van der Waals surface area contributed by atoms with Gasteiger partial charge in [0.15, 0.2) is 0 Å². The number of benzene rings is 1. The summed E-state index contributed by atoms with van der Waals surface area (Å²) in [5.41, 5.74) is 2.78. The number of para-hydroxylation sites is 1. The Morgan fingerprint density at radius 1 is 1.21 bits per heavy atom. The van der Waals surface area contributed by atoms with E-state index in [1.54, 1.807) is 6.20 Å². The van der Waals surface area contributed by atoms with Gasteiger partial charge in [0.2, 0.25) is 0 Å². The maximum atomic E-state index is 10.2. The molecule has 2 aromatic heterocycles. The third-order valence-electron chi connectivity index (χ3n) is 3.22. The summed E-state index contributed by atoms with van der Waals surface area (Å²) in [4.78, 5) is 4.21. The zero-order valence-electron chi connectivity index (χ0n) is 10.7. The van der Waals surface area contributed by atoms with Crippen LogP contribution >= 0.6 is 0 Å². The zero-order valence-corrected chi connectivity index (χ0v) is 10.7. The van der Waals surface area contributed by atoms with Crippen molar-refractivity contribution in [3.8, 4) is 0 Å². The monoisotopic (exact) mass is 253 g/mol. The van der Waals surface area contributed by atoms with E-state index in [0.29, 0.717) is 12.2 Å². The van der Waals surface area contributed by atoms with E-state index < -0.39 is 6.10 Å². The number of furan rings is 1. The van der Waals surface area contributed by atoms with Crippen LogP contribution in [0.2, 0.25) is 0 Å². The molecule has 0 radical (unpaired) electrons. The van der Waals surface area contributed by atoms with Crippen LogP contribution in [0, 0.1) is 6.92 Å². The predicted octanol–water partition coefficient (Wildman–Crippen LogP) is 3.41. The lowest BCUT2D eigenvalue weighted by atomic mass is 10.1. The number of aryl methyl sites for hydroxylation is 1. The summed E-state index contributed by atoms with van der Waals surface area (Å²) in [6.07, 6.45) is 1.52. The summed E-state index contributed by atoms with van der Waals surface area (Å²) in [6, 6.07) is 13.6. The first-order valence-corrected chi connectivity index (χ1v) is 6.31. The number of hydrogen-bond donors (Lipinski definition) is 1. The maximum Gasteiger partial charge on any atom is 0.137 e. The van der Waals surface area contributed by atoms with Crippen molar-refractivity contribution in [2.75, 3.05) is 0 Å². The van der Waals surface area contributed by atoms with Gasteiger partial charge in [-0.3, -0.25) is 4.98 Å². The Morgan fingerprint density at radius 2 is 2.11 bits per heavy atom. The quantitative estimate of drug-likeness (QED) is 0.778. The molecular weight excluding hydrogens is 238 g/mol. The Kier molecular flexibility index (Phi) is 3.05. The fourth-order valence-corrected chi connectivity index (χ4v) is 2.21. The fourth-order valence-electron chi connectivity index (χ4n) is 2.21. The number of nitrogens with zero attached hydrogens (tertiary/aromatic N) is 1. The van der Waals surface area contributed by atoms with Gasteiger partial charge < -0.3 is 9.52 Å². The lowest BCUT2D eigenvalue weighted by molar-refractivity contribution is 0.151. The number of pyridine rings is 1. The SMILES string of the molecule is Cc1cccc2cc(C(O)Cc3ccccn3)oc12. The Morgan fingerprint density at radius 3 is 2.84 bits per heavy atom. The molecular formula is C16H15NO2. The molecule has 0 fully saturated rings. The molecule has 0 aliphatic carbocycles. The Hall–Kier alpha value is -2.13. The molecule has 0 saturated heterocycles. The first-order valence-electron chi connectivity index (χ1n) is 6.31. The van der Waals surface area contributed by atoms with E-state index in [1.807, 2.05) is 49.4 Å². The van der Waals surface area contributed by atoms with E-state index in [4.69, 9.17) is 4.42 Å². The van der Waals surface area contributed by atoms with Gasteiger partial charge in [0.25, 0.3) is 0 Å². The predicted molar refractivity (Wildman–Crippen MR) is 73.9 cm³/mol. The molecule has 0 bridgehead atoms. The number of aliphatic hydroxyl groups is 1. The van der Waals surface area contributed by atoms with Crippen LogP contribution in [0.25, 0.3) is 11.0 Å². The van der Waals surface area contributed by atoms with E-state index in [9.17, 15) is 5.11 Å². The van der Waals surface area contributed by atoms with Crippen molar-refractivity contribution in [3.63, 3.8) is 0 Å². The lowest BCUT2D eigenvalue weighted by Crippen LogP contribution is -2.01. The van der Waals surface area contributed by atoms with Gasteiger partial charge in [0.05, 0.1) is 0 Å². The molecule has 3 heteroatoms. The van der Waals surface area contributed by atoms with Gasteiger partial charge in [-0.1, -0.05) is 24.3 Å². The van der Waals surface area contributed by atoms with Crippen molar-refractivity contribution in [1.29, 1.82) is 0 Å². The van der Waals surface area contributed by atoms with Crippen LogP contribution in [-0.4, -0.2) is 10.1 Å². The highest BCUT2D eigenvalue weighted by Crippen LogP contribution is 2.27. The molecule has 1 N–H and O–H groups in total. The van der Waals surface area contributed by atoms with Crippen LogP contribution in [0.3, 0.4) is 0 Å². The largest absolute Gasteiger partial charge is 0.458 e. The van der Waals surface area contributed by atoms with Crippen molar-refractivity contribution >= 4 is 11.0 Å². The molecule has 1 atom stereocenters. The molecule has 3 rings (SSSR count). The van der Waals surface area contributed by atoms with Gasteiger partial charge >= 0.3 is 0 Å². The summed E-state index contributed by atoms with van der Waals surface area (Å²) in [7, 11) is 0. The van der Waals surface area contributed by atoms with Crippen molar-refractivity contribution in [3.05, 3.63) is 65.7 Å². The first kappa shape index (κ1) is 11.9. The molecule has 0 saturated carbocycles. The summed E-state index contributed by atoms with van der Waals surface area (Å²) < 4.78 is 5.76. The van der Waals surface area contributed by atoms with Crippen LogP contribution in [0.4, 0.5) is 0 Å². The number of aromatic nitrogens is 1. The molecule has 19 heavy (non-hydrogen) atoms. The Labute approximate surface area is 111 Å². The second kappa shape index (κ2) is 4.86. The Bertz CT molecular complexity index is 688. The van der Waals surface area contributed by atoms with Crippen LogP contribution < -0.4 is 0 Å². The maximum absolute atomic E-state index is 10.2. The van der Waals surface area contributed by atoms with E-state index in [2.05, 4.69) is 4.98 Å². The molecule has 1 unspecified atom stereocenters.